The Kier molecular flexibility index (Phi) is 9.14. The van der Waals surface area contributed by atoms with Crippen LogP contribution in [0.2, 0.25) is 0 Å². The SMILES string of the molecule is CCNC(=NCc1cc(Br)ccc1F)NCc1nc(C)c(C)s1.I. The van der Waals surface area contributed by atoms with Crippen LogP contribution in [0.5, 0.6) is 0 Å². The lowest BCUT2D eigenvalue weighted by Crippen LogP contribution is -2.36. The lowest BCUT2D eigenvalue weighted by molar-refractivity contribution is 0.610. The fourth-order valence-corrected chi connectivity index (χ4v) is 3.23. The molecule has 0 spiro atoms. The van der Waals surface area contributed by atoms with Gasteiger partial charge in [-0.3, -0.25) is 0 Å². The van der Waals surface area contributed by atoms with Gasteiger partial charge in [-0.15, -0.1) is 35.3 Å². The molecule has 0 amide bonds. The number of nitrogens with one attached hydrogen (secondary N) is 2. The Balaban J connectivity index is 0.00000288. The second-order valence-electron chi connectivity index (χ2n) is 5.03. The molecule has 132 valence electrons. The van der Waals surface area contributed by atoms with Crippen LogP contribution in [0.3, 0.4) is 0 Å². The third kappa shape index (κ3) is 6.29. The highest BCUT2D eigenvalue weighted by Crippen LogP contribution is 2.17. The topological polar surface area (TPSA) is 49.3 Å². The fraction of sp³-hybridized carbons (Fsp3) is 0.375. The van der Waals surface area contributed by atoms with Gasteiger partial charge in [0, 0.05) is 21.5 Å². The molecule has 8 heteroatoms. The number of aromatic nitrogens is 1. The van der Waals surface area contributed by atoms with Crippen LogP contribution in [-0.2, 0) is 13.1 Å². The molecule has 0 aliphatic rings. The third-order valence-electron chi connectivity index (χ3n) is 3.24. The maximum atomic E-state index is 13.8. The molecule has 2 N–H and O–H groups in total. The Labute approximate surface area is 171 Å². The largest absolute Gasteiger partial charge is 0.357 e. The van der Waals surface area contributed by atoms with E-state index in [1.54, 1.807) is 23.5 Å². The molecule has 2 rings (SSSR count). The Hall–Kier alpha value is -0.740. The predicted octanol–water partition coefficient (Wildman–Crippen LogP) is 4.53. The minimum atomic E-state index is -0.251. The fourth-order valence-electron chi connectivity index (χ4n) is 1.94. The maximum absolute atomic E-state index is 13.8. The summed E-state index contributed by atoms with van der Waals surface area (Å²) < 4.78 is 14.6. The van der Waals surface area contributed by atoms with E-state index in [4.69, 9.17) is 0 Å². The predicted molar refractivity (Wildman–Crippen MR) is 113 cm³/mol. The highest BCUT2D eigenvalue weighted by molar-refractivity contribution is 14.0. The number of thiazole rings is 1. The summed E-state index contributed by atoms with van der Waals surface area (Å²) in [5, 5.41) is 7.41. The van der Waals surface area contributed by atoms with Gasteiger partial charge in [0.15, 0.2) is 5.96 Å². The highest BCUT2D eigenvalue weighted by atomic mass is 127. The summed E-state index contributed by atoms with van der Waals surface area (Å²) in [4.78, 5) is 10.2. The standard InChI is InChI=1S/C16H20BrFN4S.HI/c1-4-19-16(21-9-15-22-10(2)11(3)23-15)20-8-12-7-13(17)5-6-14(12)18;/h5-7H,4,8-9H2,1-3H3,(H2,19,20,21);1H. The van der Waals surface area contributed by atoms with Crippen molar-refractivity contribution in [2.75, 3.05) is 6.54 Å². The van der Waals surface area contributed by atoms with E-state index in [1.807, 2.05) is 13.8 Å². The highest BCUT2D eigenvalue weighted by Gasteiger charge is 2.06. The quantitative estimate of drug-likeness (QED) is 0.342. The summed E-state index contributed by atoms with van der Waals surface area (Å²) >= 11 is 5.02. The smallest absolute Gasteiger partial charge is 0.191 e. The number of benzene rings is 1. The number of aryl methyl sites for hydroxylation is 2. The Morgan fingerprint density at radius 3 is 2.71 bits per heavy atom. The van der Waals surface area contributed by atoms with E-state index >= 15 is 0 Å². The van der Waals surface area contributed by atoms with Crippen molar-refractivity contribution >= 4 is 57.2 Å². The summed E-state index contributed by atoms with van der Waals surface area (Å²) in [5.41, 5.74) is 1.61. The van der Waals surface area contributed by atoms with Crippen molar-refractivity contribution in [2.45, 2.75) is 33.9 Å². The summed E-state index contributed by atoms with van der Waals surface area (Å²) in [6.45, 7) is 7.68. The van der Waals surface area contributed by atoms with Gasteiger partial charge >= 0.3 is 0 Å². The first-order valence-electron chi connectivity index (χ1n) is 7.38. The molecule has 0 fully saturated rings. The van der Waals surface area contributed by atoms with E-state index in [0.717, 1.165) is 21.7 Å². The van der Waals surface area contributed by atoms with Gasteiger partial charge in [-0.25, -0.2) is 14.4 Å². The Bertz CT molecular complexity index is 686. The molecule has 4 nitrogen and oxygen atoms in total. The molecule has 1 aromatic heterocycles. The third-order valence-corrected chi connectivity index (χ3v) is 4.81. The molecular formula is C16H21BrFIN4S. The molecule has 0 bridgehead atoms. The van der Waals surface area contributed by atoms with Gasteiger partial charge in [-0.1, -0.05) is 15.9 Å². The van der Waals surface area contributed by atoms with E-state index < -0.39 is 0 Å². The van der Waals surface area contributed by atoms with Crippen LogP contribution >= 0.6 is 51.2 Å². The molecule has 1 heterocycles. The Morgan fingerprint density at radius 2 is 2.08 bits per heavy atom. The number of rotatable bonds is 5. The summed E-state index contributed by atoms with van der Waals surface area (Å²) in [7, 11) is 0. The van der Waals surface area contributed by atoms with Gasteiger partial charge < -0.3 is 10.6 Å². The molecule has 0 saturated carbocycles. The van der Waals surface area contributed by atoms with Crippen LogP contribution in [-0.4, -0.2) is 17.5 Å². The average Bonchev–Trinajstić information content (AvgIpc) is 2.84. The van der Waals surface area contributed by atoms with Crippen molar-refractivity contribution in [3.8, 4) is 0 Å². The second kappa shape index (κ2) is 10.3. The molecule has 0 aliphatic heterocycles. The maximum Gasteiger partial charge on any atom is 0.191 e. The number of guanidine groups is 1. The first-order valence-corrected chi connectivity index (χ1v) is 8.99. The van der Waals surface area contributed by atoms with E-state index in [0.29, 0.717) is 18.1 Å². The Morgan fingerprint density at radius 1 is 1.33 bits per heavy atom. The molecule has 0 radical (unpaired) electrons. The van der Waals surface area contributed by atoms with Crippen molar-refractivity contribution in [3.05, 3.63) is 49.6 Å². The van der Waals surface area contributed by atoms with Crippen LogP contribution < -0.4 is 10.6 Å². The van der Waals surface area contributed by atoms with Crippen molar-refractivity contribution in [3.63, 3.8) is 0 Å². The minimum Gasteiger partial charge on any atom is -0.357 e. The molecule has 2 aromatic rings. The lowest BCUT2D eigenvalue weighted by Gasteiger charge is -2.10. The molecule has 1 aromatic carbocycles. The van der Waals surface area contributed by atoms with Crippen LogP contribution in [0, 0.1) is 19.7 Å². The molecule has 0 saturated heterocycles. The lowest BCUT2D eigenvalue weighted by atomic mass is 10.2. The zero-order valence-corrected chi connectivity index (χ0v) is 18.6. The summed E-state index contributed by atoms with van der Waals surface area (Å²) in [6, 6.07) is 4.87. The van der Waals surface area contributed by atoms with E-state index in [1.165, 1.54) is 10.9 Å². The van der Waals surface area contributed by atoms with Gasteiger partial charge in [-0.2, -0.15) is 0 Å². The number of hydrogen-bond donors (Lipinski definition) is 2. The molecule has 0 unspecified atom stereocenters. The van der Waals surface area contributed by atoms with Crippen LogP contribution in [0.15, 0.2) is 27.7 Å². The first kappa shape index (κ1) is 21.3. The number of nitrogens with zero attached hydrogens (tertiary/aromatic N) is 2. The average molecular weight is 527 g/mol. The molecule has 0 aliphatic carbocycles. The number of halogens is 3. The van der Waals surface area contributed by atoms with Crippen molar-refractivity contribution in [1.29, 1.82) is 0 Å². The number of aliphatic imine (C=N–C) groups is 1. The minimum absolute atomic E-state index is 0. The van der Waals surface area contributed by atoms with Gasteiger partial charge in [0.2, 0.25) is 0 Å². The van der Waals surface area contributed by atoms with E-state index in [-0.39, 0.29) is 36.3 Å². The zero-order chi connectivity index (χ0) is 16.8. The first-order chi connectivity index (χ1) is 11.0. The van der Waals surface area contributed by atoms with Crippen LogP contribution in [0.4, 0.5) is 4.39 Å². The van der Waals surface area contributed by atoms with Gasteiger partial charge in [0.1, 0.15) is 10.8 Å². The van der Waals surface area contributed by atoms with E-state index in [2.05, 4.69) is 43.5 Å². The van der Waals surface area contributed by atoms with Gasteiger partial charge in [0.25, 0.3) is 0 Å². The summed E-state index contributed by atoms with van der Waals surface area (Å²) in [6.07, 6.45) is 0. The van der Waals surface area contributed by atoms with Crippen molar-refractivity contribution < 1.29 is 4.39 Å². The number of hydrogen-bond acceptors (Lipinski definition) is 3. The second-order valence-corrected chi connectivity index (χ2v) is 7.24. The molecule has 24 heavy (non-hydrogen) atoms. The van der Waals surface area contributed by atoms with Crippen molar-refractivity contribution in [1.82, 2.24) is 15.6 Å². The van der Waals surface area contributed by atoms with E-state index in [9.17, 15) is 4.39 Å². The van der Waals surface area contributed by atoms with Gasteiger partial charge in [-0.05, 0) is 39.0 Å². The molecular weight excluding hydrogens is 506 g/mol. The normalized spacial score (nSPS) is 11.1. The summed E-state index contributed by atoms with van der Waals surface area (Å²) in [5.74, 6) is 0.399. The van der Waals surface area contributed by atoms with Crippen LogP contribution in [0.1, 0.15) is 28.1 Å². The zero-order valence-electron chi connectivity index (χ0n) is 13.8. The molecule has 0 atom stereocenters. The van der Waals surface area contributed by atoms with Crippen molar-refractivity contribution in [2.24, 2.45) is 4.99 Å². The van der Waals surface area contributed by atoms with Crippen LogP contribution in [0.25, 0.3) is 0 Å². The monoisotopic (exact) mass is 526 g/mol. The van der Waals surface area contributed by atoms with Gasteiger partial charge in [0.05, 0.1) is 18.8 Å².